The molecule has 0 bridgehead atoms. The van der Waals surface area contributed by atoms with E-state index in [0.717, 1.165) is 24.8 Å². The van der Waals surface area contributed by atoms with Crippen LogP contribution in [-0.4, -0.2) is 24.8 Å². The minimum atomic E-state index is -0.0939. The highest BCUT2D eigenvalue weighted by molar-refractivity contribution is 5.17. The molecule has 0 spiro atoms. The van der Waals surface area contributed by atoms with E-state index in [1.165, 1.54) is 11.1 Å². The molecule has 3 nitrogen and oxygen atoms in total. The van der Waals surface area contributed by atoms with Crippen LogP contribution in [0.3, 0.4) is 0 Å². The fourth-order valence-corrected chi connectivity index (χ4v) is 2.93. The third kappa shape index (κ3) is 7.22. The number of ether oxygens (including phenoxy) is 1. The molecular weight excluding hydrogens is 308 g/mol. The highest BCUT2D eigenvalue weighted by Gasteiger charge is 2.22. The van der Waals surface area contributed by atoms with Gasteiger partial charge in [-0.25, -0.2) is 0 Å². The van der Waals surface area contributed by atoms with Gasteiger partial charge in [0.05, 0.1) is 12.7 Å². The predicted octanol–water partition coefficient (Wildman–Crippen LogP) is 3.48. The Labute approximate surface area is 151 Å². The second kappa shape index (κ2) is 10.1. The lowest BCUT2D eigenvalue weighted by molar-refractivity contribution is 0.0397. The number of benzene rings is 2. The highest BCUT2D eigenvalue weighted by atomic mass is 16.5. The van der Waals surface area contributed by atoms with Crippen LogP contribution in [0.15, 0.2) is 72.8 Å². The van der Waals surface area contributed by atoms with Crippen molar-refractivity contribution in [3.8, 4) is 0 Å². The van der Waals surface area contributed by atoms with E-state index in [4.69, 9.17) is 16.2 Å². The average molecular weight is 338 g/mol. The molecule has 0 aliphatic carbocycles. The standard InChI is InChI=1S/C22H30N2O/c1-17(2)16-25-22(21(24)14-19-11-7-4-8-12-19)15-20(23)13-18-9-5-3-6-10-18/h3-12,20-22H,1,13-16,23-24H2,2H3/t20-,21-,22-/m0/s1. The number of nitrogens with two attached hydrogens (primary N) is 2. The largest absolute Gasteiger partial charge is 0.372 e. The molecule has 0 aromatic heterocycles. The summed E-state index contributed by atoms with van der Waals surface area (Å²) in [5.41, 5.74) is 16.3. The predicted molar refractivity (Wildman–Crippen MR) is 105 cm³/mol. The van der Waals surface area contributed by atoms with Gasteiger partial charge in [0.15, 0.2) is 0 Å². The lowest BCUT2D eigenvalue weighted by atomic mass is 9.94. The van der Waals surface area contributed by atoms with Crippen LogP contribution in [0.25, 0.3) is 0 Å². The molecule has 0 heterocycles. The molecule has 0 aliphatic heterocycles. The molecular formula is C22H30N2O. The van der Waals surface area contributed by atoms with Crippen LogP contribution in [0.5, 0.6) is 0 Å². The van der Waals surface area contributed by atoms with E-state index in [9.17, 15) is 0 Å². The maximum absolute atomic E-state index is 6.47. The van der Waals surface area contributed by atoms with Crippen LogP contribution < -0.4 is 11.5 Å². The van der Waals surface area contributed by atoms with Crippen molar-refractivity contribution < 1.29 is 4.74 Å². The van der Waals surface area contributed by atoms with E-state index in [0.29, 0.717) is 6.61 Å². The Bertz CT molecular complexity index is 627. The van der Waals surface area contributed by atoms with Crippen LogP contribution >= 0.6 is 0 Å². The number of hydrogen-bond acceptors (Lipinski definition) is 3. The van der Waals surface area contributed by atoms with Gasteiger partial charge in [-0.3, -0.25) is 0 Å². The smallest absolute Gasteiger partial charge is 0.0748 e. The Morgan fingerprint density at radius 2 is 1.44 bits per heavy atom. The molecule has 134 valence electrons. The molecule has 2 rings (SSSR count). The molecule has 3 heteroatoms. The topological polar surface area (TPSA) is 61.3 Å². The zero-order valence-corrected chi connectivity index (χ0v) is 15.1. The summed E-state index contributed by atoms with van der Waals surface area (Å²) in [6.07, 6.45) is 2.25. The molecule has 3 atom stereocenters. The second-order valence-electron chi connectivity index (χ2n) is 6.85. The summed E-state index contributed by atoms with van der Waals surface area (Å²) >= 11 is 0. The van der Waals surface area contributed by atoms with Crippen LogP contribution in [-0.2, 0) is 17.6 Å². The molecule has 2 aromatic carbocycles. The summed E-state index contributed by atoms with van der Waals surface area (Å²) in [7, 11) is 0. The molecule has 2 aromatic rings. The average Bonchev–Trinajstić information content (AvgIpc) is 2.60. The van der Waals surface area contributed by atoms with Gasteiger partial charge < -0.3 is 16.2 Å². The third-order valence-corrected chi connectivity index (χ3v) is 4.21. The molecule has 0 saturated carbocycles. The van der Waals surface area contributed by atoms with Gasteiger partial charge in [-0.1, -0.05) is 72.8 Å². The van der Waals surface area contributed by atoms with Crippen molar-refractivity contribution in [3.05, 3.63) is 83.9 Å². The monoisotopic (exact) mass is 338 g/mol. The van der Waals surface area contributed by atoms with E-state index in [-0.39, 0.29) is 18.2 Å². The summed E-state index contributed by atoms with van der Waals surface area (Å²) in [4.78, 5) is 0. The first-order valence-corrected chi connectivity index (χ1v) is 8.89. The van der Waals surface area contributed by atoms with Crippen LogP contribution in [0, 0.1) is 0 Å². The van der Waals surface area contributed by atoms with E-state index in [2.05, 4.69) is 30.8 Å². The van der Waals surface area contributed by atoms with Crippen molar-refractivity contribution >= 4 is 0 Å². The van der Waals surface area contributed by atoms with Gasteiger partial charge in [-0.2, -0.15) is 0 Å². The van der Waals surface area contributed by atoms with E-state index in [1.807, 2.05) is 43.3 Å². The number of hydrogen-bond donors (Lipinski definition) is 2. The normalized spacial score (nSPS) is 14.7. The zero-order chi connectivity index (χ0) is 18.1. The molecule has 4 N–H and O–H groups in total. The SMILES string of the molecule is C=C(C)CO[C@@H](C[C@@H](N)Cc1ccccc1)[C@@H](N)Cc1ccccc1. The van der Waals surface area contributed by atoms with Gasteiger partial charge in [-0.15, -0.1) is 0 Å². The maximum Gasteiger partial charge on any atom is 0.0748 e. The van der Waals surface area contributed by atoms with Crippen LogP contribution in [0.2, 0.25) is 0 Å². The fraction of sp³-hybridized carbons (Fsp3) is 0.364. The van der Waals surface area contributed by atoms with Gasteiger partial charge in [0.2, 0.25) is 0 Å². The summed E-state index contributed by atoms with van der Waals surface area (Å²) in [5.74, 6) is 0. The fourth-order valence-electron chi connectivity index (χ4n) is 2.93. The van der Waals surface area contributed by atoms with E-state index >= 15 is 0 Å². The van der Waals surface area contributed by atoms with Gasteiger partial charge in [0.25, 0.3) is 0 Å². The Balaban J connectivity index is 1.97. The lowest BCUT2D eigenvalue weighted by Gasteiger charge is -2.27. The van der Waals surface area contributed by atoms with Crippen molar-refractivity contribution in [2.45, 2.75) is 44.4 Å². The molecule has 25 heavy (non-hydrogen) atoms. The summed E-state index contributed by atoms with van der Waals surface area (Å²) in [6.45, 7) is 6.40. The molecule has 0 unspecified atom stereocenters. The molecule has 0 fully saturated rings. The Morgan fingerprint density at radius 1 is 0.920 bits per heavy atom. The Hall–Kier alpha value is -1.94. The summed E-state index contributed by atoms with van der Waals surface area (Å²) in [5, 5.41) is 0. The van der Waals surface area contributed by atoms with Gasteiger partial charge in [0.1, 0.15) is 0 Å². The summed E-state index contributed by atoms with van der Waals surface area (Å²) < 4.78 is 6.04. The van der Waals surface area contributed by atoms with Crippen molar-refractivity contribution in [3.63, 3.8) is 0 Å². The second-order valence-corrected chi connectivity index (χ2v) is 6.85. The summed E-state index contributed by atoms with van der Waals surface area (Å²) in [6, 6.07) is 20.5. The van der Waals surface area contributed by atoms with E-state index < -0.39 is 0 Å². The van der Waals surface area contributed by atoms with Crippen molar-refractivity contribution in [1.82, 2.24) is 0 Å². The maximum atomic E-state index is 6.47. The van der Waals surface area contributed by atoms with Gasteiger partial charge in [-0.05, 0) is 37.3 Å². The Morgan fingerprint density at radius 3 is 1.96 bits per heavy atom. The molecule has 0 amide bonds. The van der Waals surface area contributed by atoms with Crippen LogP contribution in [0.1, 0.15) is 24.5 Å². The third-order valence-electron chi connectivity index (χ3n) is 4.21. The highest BCUT2D eigenvalue weighted by Crippen LogP contribution is 2.14. The van der Waals surface area contributed by atoms with Gasteiger partial charge in [0, 0.05) is 12.1 Å². The number of rotatable bonds is 10. The Kier molecular flexibility index (Phi) is 7.86. The molecule has 0 radical (unpaired) electrons. The van der Waals surface area contributed by atoms with Crippen molar-refractivity contribution in [1.29, 1.82) is 0 Å². The minimum Gasteiger partial charge on any atom is -0.372 e. The van der Waals surface area contributed by atoms with Gasteiger partial charge >= 0.3 is 0 Å². The zero-order valence-electron chi connectivity index (χ0n) is 15.1. The van der Waals surface area contributed by atoms with Crippen molar-refractivity contribution in [2.24, 2.45) is 11.5 Å². The van der Waals surface area contributed by atoms with Crippen LogP contribution in [0.4, 0.5) is 0 Å². The first-order chi connectivity index (χ1) is 12.0. The quantitative estimate of drug-likeness (QED) is 0.652. The van der Waals surface area contributed by atoms with E-state index in [1.54, 1.807) is 0 Å². The van der Waals surface area contributed by atoms with Crippen molar-refractivity contribution in [2.75, 3.05) is 6.61 Å². The minimum absolute atomic E-state index is 0.0133. The molecule has 0 saturated heterocycles. The first-order valence-electron chi connectivity index (χ1n) is 8.89. The molecule has 0 aliphatic rings. The lowest BCUT2D eigenvalue weighted by Crippen LogP contribution is -2.43. The first kappa shape index (κ1) is 19.4.